The van der Waals surface area contributed by atoms with E-state index in [1.807, 2.05) is 18.2 Å². The molecule has 1 atom stereocenters. The number of amidine groups is 1. The Kier molecular flexibility index (Phi) is 5.72. The molecule has 0 aliphatic carbocycles. The molecule has 0 bridgehead atoms. The third kappa shape index (κ3) is 3.95. The van der Waals surface area contributed by atoms with Crippen LogP contribution in [0.4, 0.5) is 5.69 Å². The Balaban J connectivity index is 1.70. The molecule has 1 N–H and O–H groups in total. The zero-order valence-electron chi connectivity index (χ0n) is 15.9. The highest BCUT2D eigenvalue weighted by molar-refractivity contribution is 8.18. The van der Waals surface area contributed by atoms with Gasteiger partial charge in [-0.3, -0.25) is 4.79 Å². The molecule has 0 radical (unpaired) electrons. The van der Waals surface area contributed by atoms with Gasteiger partial charge >= 0.3 is 0 Å². The highest BCUT2D eigenvalue weighted by Crippen LogP contribution is 2.35. The number of hydrogen-bond donors (Lipinski definition) is 1. The Morgan fingerprint density at radius 1 is 1.21 bits per heavy atom. The van der Waals surface area contributed by atoms with E-state index in [0.29, 0.717) is 31.8 Å². The van der Waals surface area contributed by atoms with Gasteiger partial charge in [0, 0.05) is 28.7 Å². The van der Waals surface area contributed by atoms with E-state index in [0.717, 1.165) is 22.9 Å². The molecular formula is C22H19Cl2N3OS. The molecule has 3 aromatic rings. The monoisotopic (exact) mass is 443 g/mol. The van der Waals surface area contributed by atoms with Crippen molar-refractivity contribution in [3.63, 3.8) is 0 Å². The van der Waals surface area contributed by atoms with Crippen molar-refractivity contribution in [3.05, 3.63) is 69.2 Å². The minimum atomic E-state index is -0.174. The van der Waals surface area contributed by atoms with Crippen LogP contribution in [0.2, 0.25) is 10.0 Å². The second-order valence-electron chi connectivity index (χ2n) is 6.82. The van der Waals surface area contributed by atoms with Gasteiger partial charge in [0.15, 0.2) is 5.17 Å². The molecule has 0 unspecified atom stereocenters. The quantitative estimate of drug-likeness (QED) is 0.450. The molecule has 0 spiro atoms. The van der Waals surface area contributed by atoms with E-state index < -0.39 is 0 Å². The van der Waals surface area contributed by atoms with Crippen molar-refractivity contribution < 1.29 is 4.79 Å². The van der Waals surface area contributed by atoms with Gasteiger partial charge in [0.2, 0.25) is 0 Å². The Hall–Kier alpha value is -2.21. The van der Waals surface area contributed by atoms with Crippen molar-refractivity contribution in [1.29, 1.82) is 0 Å². The van der Waals surface area contributed by atoms with Gasteiger partial charge in [0.25, 0.3) is 5.91 Å². The van der Waals surface area contributed by atoms with E-state index >= 15 is 0 Å². The highest BCUT2D eigenvalue weighted by atomic mass is 35.5. The molecule has 148 valence electrons. The van der Waals surface area contributed by atoms with Crippen LogP contribution in [0.3, 0.4) is 0 Å². The number of nitrogens with zero attached hydrogens (tertiary/aromatic N) is 2. The molecular weight excluding hydrogens is 425 g/mol. The summed E-state index contributed by atoms with van der Waals surface area (Å²) in [5.74, 6) is -0.174. The van der Waals surface area contributed by atoms with Crippen molar-refractivity contribution in [3.8, 4) is 0 Å². The minimum absolute atomic E-state index is 0.174. The van der Waals surface area contributed by atoms with Gasteiger partial charge in [-0.15, -0.1) is 0 Å². The Bertz CT molecular complexity index is 1170. The Morgan fingerprint density at radius 2 is 2.00 bits per heavy atom. The molecule has 1 aliphatic rings. The standard InChI is InChI=1S/C22H19Cl2N3OS/c1-3-13(2)27-12-14(15-7-4-5-10-18(15)27)11-19-21(28)26-22(29-19)25-17-9-6-8-16(23)20(17)24/h4-13H,3H2,1-2H3,(H,25,26,28)/b19-11+/t13-/m0/s1. The Morgan fingerprint density at radius 3 is 2.79 bits per heavy atom. The maximum atomic E-state index is 12.5. The third-order valence-electron chi connectivity index (χ3n) is 4.93. The van der Waals surface area contributed by atoms with Crippen LogP contribution in [-0.2, 0) is 4.79 Å². The van der Waals surface area contributed by atoms with Gasteiger partial charge < -0.3 is 9.88 Å². The van der Waals surface area contributed by atoms with E-state index in [9.17, 15) is 4.79 Å². The fourth-order valence-corrected chi connectivity index (χ4v) is 4.38. The largest absolute Gasteiger partial charge is 0.344 e. The summed E-state index contributed by atoms with van der Waals surface area (Å²) in [6.07, 6.45) is 5.06. The van der Waals surface area contributed by atoms with Crippen LogP contribution in [-0.4, -0.2) is 15.6 Å². The summed E-state index contributed by atoms with van der Waals surface area (Å²) >= 11 is 13.6. The summed E-state index contributed by atoms with van der Waals surface area (Å²) in [6, 6.07) is 13.9. The number of para-hydroxylation sites is 1. The molecule has 1 aromatic heterocycles. The van der Waals surface area contributed by atoms with Gasteiger partial charge in [-0.25, -0.2) is 4.99 Å². The SMILES string of the molecule is CC[C@H](C)n1cc(/C=C2/SC(=Nc3cccc(Cl)c3Cl)NC2=O)c2ccccc21. The Labute approximate surface area is 183 Å². The molecule has 2 aromatic carbocycles. The second kappa shape index (κ2) is 8.27. The number of hydrogen-bond acceptors (Lipinski definition) is 3. The van der Waals surface area contributed by atoms with Crippen LogP contribution in [0.15, 0.2) is 58.6 Å². The number of fused-ring (bicyclic) bond motifs is 1. The van der Waals surface area contributed by atoms with Crippen LogP contribution < -0.4 is 5.32 Å². The molecule has 1 fully saturated rings. The van der Waals surface area contributed by atoms with Crippen LogP contribution in [0, 0.1) is 0 Å². The lowest BCUT2D eigenvalue weighted by Gasteiger charge is -2.12. The summed E-state index contributed by atoms with van der Waals surface area (Å²) in [4.78, 5) is 17.6. The van der Waals surface area contributed by atoms with E-state index in [-0.39, 0.29) is 5.91 Å². The number of benzene rings is 2. The first-order valence-corrected chi connectivity index (χ1v) is 10.9. The lowest BCUT2D eigenvalue weighted by molar-refractivity contribution is -0.115. The van der Waals surface area contributed by atoms with Crippen molar-refractivity contribution in [2.75, 3.05) is 0 Å². The molecule has 1 aliphatic heterocycles. The summed E-state index contributed by atoms with van der Waals surface area (Å²) in [7, 11) is 0. The summed E-state index contributed by atoms with van der Waals surface area (Å²) in [5, 5.41) is 5.20. The fourth-order valence-electron chi connectivity index (χ4n) is 3.22. The minimum Gasteiger partial charge on any atom is -0.344 e. The number of halogens is 2. The maximum absolute atomic E-state index is 12.5. The molecule has 4 nitrogen and oxygen atoms in total. The van der Waals surface area contributed by atoms with Crippen molar-refractivity contribution in [1.82, 2.24) is 9.88 Å². The average Bonchev–Trinajstić information content (AvgIpc) is 3.26. The molecule has 29 heavy (non-hydrogen) atoms. The second-order valence-corrected chi connectivity index (χ2v) is 8.64. The van der Waals surface area contributed by atoms with Crippen LogP contribution >= 0.6 is 35.0 Å². The van der Waals surface area contributed by atoms with Crippen molar-refractivity contribution in [2.24, 2.45) is 4.99 Å². The number of amides is 1. The van der Waals surface area contributed by atoms with Crippen LogP contribution in [0.25, 0.3) is 17.0 Å². The van der Waals surface area contributed by atoms with E-state index in [1.165, 1.54) is 11.8 Å². The molecule has 1 amide bonds. The van der Waals surface area contributed by atoms with Gasteiger partial charge in [-0.1, -0.05) is 54.4 Å². The first-order valence-electron chi connectivity index (χ1n) is 9.31. The molecule has 2 heterocycles. The summed E-state index contributed by atoms with van der Waals surface area (Å²) in [6.45, 7) is 4.36. The van der Waals surface area contributed by atoms with Gasteiger partial charge in [0.05, 0.1) is 20.6 Å². The maximum Gasteiger partial charge on any atom is 0.264 e. The first-order chi connectivity index (χ1) is 14.0. The fraction of sp³-hybridized carbons (Fsp3) is 0.182. The van der Waals surface area contributed by atoms with Gasteiger partial charge in [0.1, 0.15) is 0 Å². The average molecular weight is 444 g/mol. The number of aliphatic imine (C=N–C) groups is 1. The third-order valence-corrected chi connectivity index (χ3v) is 6.65. The van der Waals surface area contributed by atoms with Gasteiger partial charge in [-0.05, 0) is 49.4 Å². The lowest BCUT2D eigenvalue weighted by atomic mass is 10.1. The van der Waals surface area contributed by atoms with E-state index in [4.69, 9.17) is 23.2 Å². The smallest absolute Gasteiger partial charge is 0.264 e. The summed E-state index contributed by atoms with van der Waals surface area (Å²) < 4.78 is 2.26. The molecule has 1 saturated heterocycles. The number of rotatable bonds is 4. The number of nitrogens with one attached hydrogen (secondary N) is 1. The van der Waals surface area contributed by atoms with Crippen molar-refractivity contribution >= 4 is 68.7 Å². The van der Waals surface area contributed by atoms with Crippen molar-refractivity contribution in [2.45, 2.75) is 26.3 Å². The number of thioether (sulfide) groups is 1. The predicted octanol–water partition coefficient (Wildman–Crippen LogP) is 6.81. The zero-order valence-corrected chi connectivity index (χ0v) is 18.3. The number of carbonyl (C=O) groups excluding carboxylic acids is 1. The van der Waals surface area contributed by atoms with E-state index in [2.05, 4.69) is 47.1 Å². The highest BCUT2D eigenvalue weighted by Gasteiger charge is 2.25. The summed E-state index contributed by atoms with van der Waals surface area (Å²) in [5.41, 5.74) is 2.70. The van der Waals surface area contributed by atoms with Crippen LogP contribution in [0.1, 0.15) is 31.9 Å². The normalized spacial score (nSPS) is 18.0. The lowest BCUT2D eigenvalue weighted by Crippen LogP contribution is -2.19. The molecule has 7 heteroatoms. The van der Waals surface area contributed by atoms with Gasteiger partial charge in [-0.2, -0.15) is 0 Å². The first kappa shape index (κ1) is 20.1. The molecule has 0 saturated carbocycles. The molecule has 4 rings (SSSR count). The zero-order chi connectivity index (χ0) is 20.5. The van der Waals surface area contributed by atoms with Crippen LogP contribution in [0.5, 0.6) is 0 Å². The topological polar surface area (TPSA) is 46.4 Å². The van der Waals surface area contributed by atoms with E-state index in [1.54, 1.807) is 18.2 Å². The number of aromatic nitrogens is 1. The number of carbonyl (C=O) groups is 1. The predicted molar refractivity (Wildman–Crippen MR) is 124 cm³/mol.